The van der Waals surface area contributed by atoms with Crippen LogP contribution >= 0.6 is 0 Å². The Balaban J connectivity index is 2.11. The second-order valence-electron chi connectivity index (χ2n) is 7.80. The van der Waals surface area contributed by atoms with Gasteiger partial charge in [-0.1, -0.05) is 98.2 Å². The highest BCUT2D eigenvalue weighted by Crippen LogP contribution is 2.14. The van der Waals surface area contributed by atoms with Crippen LogP contribution in [0, 0.1) is 6.92 Å². The molecule has 182 valence electrons. The number of benzene rings is 1. The fourth-order valence-electron chi connectivity index (χ4n) is 2.88. The van der Waals surface area contributed by atoms with E-state index in [-0.39, 0.29) is 11.3 Å². The van der Waals surface area contributed by atoms with E-state index in [2.05, 4.69) is 67.7 Å². The molecule has 0 aliphatic heterocycles. The minimum Gasteiger partial charge on any atom is -0.266 e. The molecular formula is C29H42O3S. The maximum Gasteiger partial charge on any atom is 0.296 e. The first kappa shape index (κ1) is 25.5. The van der Waals surface area contributed by atoms with E-state index in [1.807, 2.05) is 6.92 Å². The summed E-state index contributed by atoms with van der Waals surface area (Å²) in [4.78, 5) is -0.0228. The Morgan fingerprint density at radius 1 is 0.727 bits per heavy atom. The van der Waals surface area contributed by atoms with Gasteiger partial charge in [0.05, 0.1) is 14.2 Å². The summed E-state index contributed by atoms with van der Waals surface area (Å²) in [6, 6.07) is 6.21. The zero-order chi connectivity index (χ0) is 25.8. The maximum absolute atomic E-state index is 12.3. The smallest absolute Gasteiger partial charge is 0.266 e. The Hall–Kier alpha value is -2.17. The molecular weight excluding hydrogens is 428 g/mol. The highest BCUT2D eigenvalue weighted by atomic mass is 32.2. The summed E-state index contributed by atoms with van der Waals surface area (Å²) < 4.78 is 45.2. The Bertz CT molecular complexity index is 941. The van der Waals surface area contributed by atoms with Gasteiger partial charge in [0.2, 0.25) is 0 Å². The SMILES string of the molecule is [2H]C([2H])(CCCCC/C=C\C/C=C\C/C=C\C/C=C\C/C=C\CC)OS(=O)(=O)c1ccc(C)cc1. The second kappa shape index (κ2) is 19.3. The molecule has 0 atom stereocenters. The van der Waals surface area contributed by atoms with Crippen molar-refractivity contribution in [1.82, 2.24) is 0 Å². The zero-order valence-corrected chi connectivity index (χ0v) is 21.1. The van der Waals surface area contributed by atoms with Gasteiger partial charge in [0.25, 0.3) is 10.1 Å². The molecule has 33 heavy (non-hydrogen) atoms. The lowest BCUT2D eigenvalue weighted by molar-refractivity contribution is 0.306. The van der Waals surface area contributed by atoms with Crippen LogP contribution in [0.25, 0.3) is 0 Å². The predicted molar refractivity (Wildman–Crippen MR) is 142 cm³/mol. The monoisotopic (exact) mass is 472 g/mol. The number of aryl methyl sites for hydroxylation is 1. The van der Waals surface area contributed by atoms with Crippen molar-refractivity contribution in [3.05, 3.63) is 90.6 Å². The molecule has 1 aromatic carbocycles. The van der Waals surface area contributed by atoms with E-state index in [9.17, 15) is 8.42 Å². The van der Waals surface area contributed by atoms with Gasteiger partial charge < -0.3 is 0 Å². The van der Waals surface area contributed by atoms with Gasteiger partial charge in [-0.3, -0.25) is 4.18 Å². The summed E-state index contributed by atoms with van der Waals surface area (Å²) in [7, 11) is -4.11. The van der Waals surface area contributed by atoms with Gasteiger partial charge in [-0.05, 0) is 70.4 Å². The van der Waals surface area contributed by atoms with Crippen molar-refractivity contribution in [2.45, 2.75) is 83.0 Å². The zero-order valence-electron chi connectivity index (χ0n) is 22.3. The highest BCUT2D eigenvalue weighted by molar-refractivity contribution is 7.86. The van der Waals surface area contributed by atoms with E-state index in [1.54, 1.807) is 12.1 Å². The third-order valence-electron chi connectivity index (χ3n) is 4.79. The van der Waals surface area contributed by atoms with Crippen molar-refractivity contribution >= 4 is 10.1 Å². The van der Waals surface area contributed by atoms with Gasteiger partial charge in [-0.25, -0.2) is 0 Å². The van der Waals surface area contributed by atoms with Crippen LogP contribution < -0.4 is 0 Å². The summed E-state index contributed by atoms with van der Waals surface area (Å²) in [5.41, 5.74) is 0.930. The van der Waals surface area contributed by atoms with E-state index in [1.165, 1.54) is 12.1 Å². The molecule has 0 unspecified atom stereocenters. The van der Waals surface area contributed by atoms with Crippen LogP contribution in [0.2, 0.25) is 0 Å². The molecule has 0 amide bonds. The van der Waals surface area contributed by atoms with E-state index in [0.717, 1.165) is 56.9 Å². The Kier molecular flexibility index (Phi) is 14.9. The minimum absolute atomic E-state index is 0.0228. The van der Waals surface area contributed by atoms with Crippen LogP contribution in [-0.2, 0) is 14.3 Å². The molecule has 4 heteroatoms. The van der Waals surface area contributed by atoms with Crippen molar-refractivity contribution in [2.75, 3.05) is 6.56 Å². The lowest BCUT2D eigenvalue weighted by Gasteiger charge is -2.06. The molecule has 0 radical (unpaired) electrons. The molecule has 1 rings (SSSR count). The van der Waals surface area contributed by atoms with Crippen LogP contribution in [-0.4, -0.2) is 15.0 Å². The van der Waals surface area contributed by atoms with Crippen LogP contribution in [0.4, 0.5) is 0 Å². The summed E-state index contributed by atoms with van der Waals surface area (Å²) >= 11 is 0. The number of unbranched alkanes of at least 4 members (excludes halogenated alkanes) is 3. The van der Waals surface area contributed by atoms with Gasteiger partial charge in [0, 0.05) is 0 Å². The number of rotatable bonds is 18. The van der Waals surface area contributed by atoms with E-state index in [4.69, 9.17) is 6.92 Å². The fourth-order valence-corrected chi connectivity index (χ4v) is 3.68. The summed E-state index contributed by atoms with van der Waals surface area (Å²) in [5, 5.41) is 0. The standard InChI is InChI=1S/C29H42O3S/c1-3-4-5-6-7-8-9-10-11-12-13-14-15-16-17-18-19-20-21-22-27-32-33(30,31)29-25-23-28(2)24-26-29/h4-5,7-8,10-11,13-14,16-17,23-26H,3,6,9,12,15,18-22,27H2,1-2H3/b5-4-,8-7-,11-10-,14-13-,17-16-/i27D2. The maximum atomic E-state index is 12.3. The molecule has 0 heterocycles. The van der Waals surface area contributed by atoms with Crippen LogP contribution in [0.15, 0.2) is 89.9 Å². The van der Waals surface area contributed by atoms with Gasteiger partial charge in [0.15, 0.2) is 0 Å². The topological polar surface area (TPSA) is 43.4 Å². The average molecular weight is 473 g/mol. The third-order valence-corrected chi connectivity index (χ3v) is 5.97. The predicted octanol–water partition coefficient (Wildman–Crippen LogP) is 8.40. The molecule has 0 saturated carbocycles. The van der Waals surface area contributed by atoms with Crippen molar-refractivity contribution in [3.63, 3.8) is 0 Å². The molecule has 0 bridgehead atoms. The number of hydrogen-bond acceptors (Lipinski definition) is 3. The Morgan fingerprint density at radius 3 is 1.76 bits per heavy atom. The summed E-state index contributed by atoms with van der Waals surface area (Å²) in [5.74, 6) is 0. The molecule has 0 fully saturated rings. The second-order valence-corrected chi connectivity index (χ2v) is 9.35. The van der Waals surface area contributed by atoms with Crippen LogP contribution in [0.1, 0.15) is 79.4 Å². The lowest BCUT2D eigenvalue weighted by atomic mass is 10.1. The van der Waals surface area contributed by atoms with Crippen molar-refractivity contribution in [1.29, 1.82) is 0 Å². The summed E-state index contributed by atoms with van der Waals surface area (Å²) in [6.45, 7) is 1.79. The first-order valence-electron chi connectivity index (χ1n) is 13.0. The average Bonchev–Trinajstić information content (AvgIpc) is 2.80. The van der Waals surface area contributed by atoms with Crippen molar-refractivity contribution < 1.29 is 15.3 Å². The van der Waals surface area contributed by atoms with E-state index >= 15 is 0 Å². The van der Waals surface area contributed by atoms with Crippen LogP contribution in [0.5, 0.6) is 0 Å². The first-order valence-corrected chi connectivity index (χ1v) is 13.4. The summed E-state index contributed by atoms with van der Waals surface area (Å²) in [6.07, 6.45) is 30.0. The molecule has 0 aliphatic rings. The normalized spacial score (nSPS) is 14.4. The van der Waals surface area contributed by atoms with Gasteiger partial charge >= 0.3 is 0 Å². The lowest BCUT2D eigenvalue weighted by Crippen LogP contribution is -2.07. The van der Waals surface area contributed by atoms with Crippen molar-refractivity contribution in [2.24, 2.45) is 0 Å². The molecule has 0 N–H and O–H groups in total. The molecule has 0 aliphatic carbocycles. The Labute approximate surface area is 205 Å². The third kappa shape index (κ3) is 16.1. The molecule has 1 aromatic rings. The van der Waals surface area contributed by atoms with Gasteiger partial charge in [0.1, 0.15) is 0 Å². The number of allylic oxidation sites excluding steroid dienone is 10. The molecule has 0 saturated heterocycles. The largest absolute Gasteiger partial charge is 0.296 e. The van der Waals surface area contributed by atoms with Crippen LogP contribution in [0.3, 0.4) is 0 Å². The van der Waals surface area contributed by atoms with Gasteiger partial charge in [-0.15, -0.1) is 0 Å². The highest BCUT2D eigenvalue weighted by Gasteiger charge is 2.14. The fraction of sp³-hybridized carbons (Fsp3) is 0.448. The Morgan fingerprint density at radius 2 is 1.21 bits per heavy atom. The first-order chi connectivity index (χ1) is 16.8. The molecule has 0 spiro atoms. The number of hydrogen-bond donors (Lipinski definition) is 0. The quantitative estimate of drug-likeness (QED) is 0.122. The minimum atomic E-state index is -4.11. The molecule has 0 aromatic heterocycles. The molecule has 3 nitrogen and oxygen atoms in total. The van der Waals surface area contributed by atoms with E-state index in [0.29, 0.717) is 6.42 Å². The van der Waals surface area contributed by atoms with Gasteiger partial charge in [-0.2, -0.15) is 8.42 Å². The van der Waals surface area contributed by atoms with Crippen molar-refractivity contribution in [3.8, 4) is 0 Å². The van der Waals surface area contributed by atoms with E-state index < -0.39 is 16.7 Å².